The Hall–Kier alpha value is -2.28. The summed E-state index contributed by atoms with van der Waals surface area (Å²) >= 11 is 5.07. The second-order valence-electron chi connectivity index (χ2n) is 3.68. The largest absolute Gasteiger partial charge is 0.316 e. The van der Waals surface area contributed by atoms with Gasteiger partial charge in [0.05, 0.1) is 11.9 Å². The summed E-state index contributed by atoms with van der Waals surface area (Å²) in [5.74, 6) is -0.512. The predicted molar refractivity (Wildman–Crippen MR) is 66.8 cm³/mol. The maximum absolute atomic E-state index is 13.7. The molecule has 2 heterocycles. The van der Waals surface area contributed by atoms with Crippen molar-refractivity contribution in [3.05, 3.63) is 51.4 Å². The van der Waals surface area contributed by atoms with Gasteiger partial charge in [0.25, 0.3) is 5.56 Å². The van der Waals surface area contributed by atoms with E-state index in [4.69, 9.17) is 12.2 Å². The maximum atomic E-state index is 13.7. The first-order chi connectivity index (χ1) is 8.68. The van der Waals surface area contributed by atoms with E-state index >= 15 is 0 Å². The zero-order chi connectivity index (χ0) is 12.7. The molecule has 2 aromatic heterocycles. The van der Waals surface area contributed by atoms with Crippen LogP contribution in [-0.4, -0.2) is 19.7 Å². The lowest BCUT2D eigenvalue weighted by molar-refractivity contribution is 0.615. The van der Waals surface area contributed by atoms with Crippen LogP contribution in [0.2, 0.25) is 0 Å². The lowest BCUT2D eigenvalue weighted by Crippen LogP contribution is -2.20. The molecular formula is C11H7FN4OS. The number of para-hydroxylation sites is 1. The van der Waals surface area contributed by atoms with Gasteiger partial charge in [-0.25, -0.2) is 8.96 Å². The van der Waals surface area contributed by atoms with E-state index < -0.39 is 11.4 Å². The quantitative estimate of drug-likeness (QED) is 0.658. The van der Waals surface area contributed by atoms with Crippen molar-refractivity contribution in [2.45, 2.75) is 0 Å². The molecule has 7 heteroatoms. The van der Waals surface area contributed by atoms with Crippen LogP contribution in [0.4, 0.5) is 4.39 Å². The fourth-order valence-corrected chi connectivity index (χ4v) is 2.05. The van der Waals surface area contributed by atoms with Crippen LogP contribution >= 0.6 is 12.2 Å². The van der Waals surface area contributed by atoms with Crippen molar-refractivity contribution in [2.24, 2.45) is 0 Å². The molecular weight excluding hydrogens is 255 g/mol. The summed E-state index contributed by atoms with van der Waals surface area (Å²) in [6.07, 6.45) is 1.38. The van der Waals surface area contributed by atoms with Gasteiger partial charge in [-0.2, -0.15) is 5.10 Å². The van der Waals surface area contributed by atoms with Gasteiger partial charge in [-0.3, -0.25) is 9.89 Å². The summed E-state index contributed by atoms with van der Waals surface area (Å²) in [6, 6.07) is 5.95. The van der Waals surface area contributed by atoms with E-state index in [2.05, 4.69) is 15.2 Å². The van der Waals surface area contributed by atoms with Crippen molar-refractivity contribution in [1.82, 2.24) is 19.7 Å². The first-order valence-corrected chi connectivity index (χ1v) is 5.52. The Morgan fingerprint density at radius 2 is 2.11 bits per heavy atom. The average molecular weight is 262 g/mol. The van der Waals surface area contributed by atoms with E-state index in [1.807, 2.05) is 0 Å². The number of H-pyrrole nitrogens is 2. The molecule has 3 aromatic rings. The van der Waals surface area contributed by atoms with Crippen LogP contribution in [0.1, 0.15) is 0 Å². The Kier molecular flexibility index (Phi) is 2.34. The van der Waals surface area contributed by atoms with Crippen LogP contribution in [0.3, 0.4) is 0 Å². The minimum absolute atomic E-state index is 0.113. The van der Waals surface area contributed by atoms with Crippen LogP contribution < -0.4 is 5.56 Å². The zero-order valence-electron chi connectivity index (χ0n) is 8.98. The summed E-state index contributed by atoms with van der Waals surface area (Å²) in [5.41, 5.74) is 0.136. The lowest BCUT2D eigenvalue weighted by atomic mass is 10.3. The average Bonchev–Trinajstić information content (AvgIpc) is 2.79. The molecule has 0 aliphatic carbocycles. The van der Waals surface area contributed by atoms with Crippen molar-refractivity contribution in [1.29, 1.82) is 0 Å². The molecule has 0 saturated carbocycles. The van der Waals surface area contributed by atoms with Crippen molar-refractivity contribution >= 4 is 23.3 Å². The SMILES string of the molecule is O=c1c2cn[nH]c2[nH]c(=S)n1-c1ccccc1F. The van der Waals surface area contributed by atoms with Gasteiger partial charge in [-0.05, 0) is 24.4 Å². The molecule has 0 radical (unpaired) electrons. The minimum Gasteiger partial charge on any atom is -0.316 e. The molecule has 1 aromatic carbocycles. The van der Waals surface area contributed by atoms with Crippen molar-refractivity contribution in [3.8, 4) is 5.69 Å². The molecule has 0 atom stereocenters. The predicted octanol–water partition coefficient (Wildman–Crippen LogP) is 1.91. The van der Waals surface area contributed by atoms with Crippen molar-refractivity contribution < 1.29 is 4.39 Å². The number of aromatic nitrogens is 4. The third-order valence-corrected chi connectivity index (χ3v) is 2.89. The molecule has 5 nitrogen and oxygen atoms in total. The number of hydrogen-bond acceptors (Lipinski definition) is 3. The third-order valence-electron chi connectivity index (χ3n) is 2.60. The Bertz CT molecular complexity index is 848. The van der Waals surface area contributed by atoms with Gasteiger partial charge in [0, 0.05) is 0 Å². The van der Waals surface area contributed by atoms with E-state index in [-0.39, 0.29) is 10.5 Å². The van der Waals surface area contributed by atoms with Crippen LogP contribution in [0.25, 0.3) is 16.7 Å². The topological polar surface area (TPSA) is 66.5 Å². The zero-order valence-corrected chi connectivity index (χ0v) is 9.79. The number of rotatable bonds is 1. The van der Waals surface area contributed by atoms with Gasteiger partial charge in [0.1, 0.15) is 16.9 Å². The van der Waals surface area contributed by atoms with E-state index in [0.29, 0.717) is 11.0 Å². The Morgan fingerprint density at radius 3 is 2.89 bits per heavy atom. The molecule has 0 unspecified atom stereocenters. The van der Waals surface area contributed by atoms with Crippen molar-refractivity contribution in [2.75, 3.05) is 0 Å². The monoisotopic (exact) mass is 262 g/mol. The summed E-state index contributed by atoms with van der Waals surface area (Å²) in [7, 11) is 0. The Labute approximate surface area is 105 Å². The molecule has 0 spiro atoms. The second kappa shape index (κ2) is 3.88. The van der Waals surface area contributed by atoms with E-state index in [1.165, 1.54) is 18.3 Å². The lowest BCUT2D eigenvalue weighted by Gasteiger charge is -2.06. The van der Waals surface area contributed by atoms with Gasteiger partial charge in [0.15, 0.2) is 4.77 Å². The molecule has 18 heavy (non-hydrogen) atoms. The van der Waals surface area contributed by atoms with Gasteiger partial charge >= 0.3 is 0 Å². The molecule has 3 rings (SSSR count). The van der Waals surface area contributed by atoms with Gasteiger partial charge in [0.2, 0.25) is 0 Å². The number of aromatic amines is 2. The maximum Gasteiger partial charge on any atom is 0.270 e. The molecule has 0 aliphatic heterocycles. The number of halogens is 1. The number of hydrogen-bond donors (Lipinski definition) is 2. The number of benzene rings is 1. The Morgan fingerprint density at radius 1 is 1.33 bits per heavy atom. The minimum atomic E-state index is -0.512. The molecule has 0 saturated heterocycles. The van der Waals surface area contributed by atoms with Crippen molar-refractivity contribution in [3.63, 3.8) is 0 Å². The summed E-state index contributed by atoms with van der Waals surface area (Å²) in [5, 5.41) is 6.69. The van der Waals surface area contributed by atoms with E-state index in [9.17, 15) is 9.18 Å². The molecule has 0 fully saturated rings. The van der Waals surface area contributed by atoms with Crippen LogP contribution in [-0.2, 0) is 0 Å². The molecule has 0 aliphatic rings. The highest BCUT2D eigenvalue weighted by atomic mass is 32.1. The van der Waals surface area contributed by atoms with E-state index in [1.54, 1.807) is 12.1 Å². The standard InChI is InChI=1S/C11H7FN4OS/c12-7-3-1-2-4-8(7)16-10(17)6-5-13-15-9(6)14-11(16)18/h1-5H,(H2,13,14,15,18). The number of fused-ring (bicyclic) bond motifs is 1. The highest BCUT2D eigenvalue weighted by molar-refractivity contribution is 7.71. The molecule has 2 N–H and O–H groups in total. The fraction of sp³-hybridized carbons (Fsp3) is 0. The summed E-state index contributed by atoms with van der Waals surface area (Å²) in [6.45, 7) is 0. The van der Waals surface area contributed by atoms with E-state index in [0.717, 1.165) is 4.57 Å². The second-order valence-corrected chi connectivity index (χ2v) is 4.07. The van der Waals surface area contributed by atoms with Gasteiger partial charge < -0.3 is 4.98 Å². The van der Waals surface area contributed by atoms with Crippen LogP contribution in [0.15, 0.2) is 35.3 Å². The van der Waals surface area contributed by atoms with Crippen LogP contribution in [0, 0.1) is 10.6 Å². The first kappa shape index (κ1) is 10.8. The molecule has 0 amide bonds. The summed E-state index contributed by atoms with van der Waals surface area (Å²) < 4.78 is 14.9. The van der Waals surface area contributed by atoms with Gasteiger partial charge in [-0.15, -0.1) is 0 Å². The van der Waals surface area contributed by atoms with Gasteiger partial charge in [-0.1, -0.05) is 12.1 Å². The Balaban J connectivity index is 2.47. The highest BCUT2D eigenvalue weighted by Crippen LogP contribution is 2.12. The van der Waals surface area contributed by atoms with Crippen LogP contribution in [0.5, 0.6) is 0 Å². The summed E-state index contributed by atoms with van der Waals surface area (Å²) in [4.78, 5) is 15.0. The number of nitrogens with one attached hydrogen (secondary N) is 2. The molecule has 90 valence electrons. The smallest absolute Gasteiger partial charge is 0.270 e. The first-order valence-electron chi connectivity index (χ1n) is 5.12. The number of nitrogens with zero attached hydrogens (tertiary/aromatic N) is 2. The highest BCUT2D eigenvalue weighted by Gasteiger charge is 2.11. The molecule has 0 bridgehead atoms. The third kappa shape index (κ3) is 1.48. The normalized spacial score (nSPS) is 10.9. The fourth-order valence-electron chi connectivity index (χ4n) is 1.77.